The van der Waals surface area contributed by atoms with E-state index in [9.17, 15) is 6.85 Å². The van der Waals surface area contributed by atoms with E-state index in [0.29, 0.717) is 37.3 Å². The van der Waals surface area contributed by atoms with Gasteiger partial charge in [0.1, 0.15) is 0 Å². The summed E-state index contributed by atoms with van der Waals surface area (Å²) in [4.78, 5) is 9.44. The predicted molar refractivity (Wildman–Crippen MR) is 326 cm³/mol. The van der Waals surface area contributed by atoms with Gasteiger partial charge in [0, 0.05) is 11.3 Å². The van der Waals surface area contributed by atoms with Crippen molar-refractivity contribution in [2.75, 3.05) is 9.62 Å². The van der Waals surface area contributed by atoms with Gasteiger partial charge in [-0.2, -0.15) is 0 Å². The summed E-state index contributed by atoms with van der Waals surface area (Å²) in [7, 11) is 0. The molecule has 9 aromatic carbocycles. The Morgan fingerprint density at radius 2 is 1.22 bits per heavy atom. The SMILES string of the molecule is [2H]c1c([2H])c([2H])c(-c2cc(C([2H])([2H])C(C)(C)C)cc(-c3cccc(C(C)(C)C)c3)c2-n2[c](=[Pt])n(-c3ccc(C([2H])([2H])[2H])c(Oc4nc(N5B6c7ccccc7-c7ccccc7N6c6ccccc65)ccc4-c4c([2H])c([2H])c([2H])c([2H])c4C([2H])([2H])[2H])c3)c3ccccc32)c([2H])c1[2H]. The van der Waals surface area contributed by atoms with Crippen LogP contribution in [-0.4, -0.2) is 21.1 Å². The maximum atomic E-state index is 9.78. The van der Waals surface area contributed by atoms with Crippen molar-refractivity contribution in [1.29, 1.82) is 0 Å². The summed E-state index contributed by atoms with van der Waals surface area (Å²) in [6.07, 6.45) is -2.08. The van der Waals surface area contributed by atoms with Gasteiger partial charge in [0.25, 0.3) is 0 Å². The van der Waals surface area contributed by atoms with E-state index in [-0.39, 0.29) is 44.8 Å². The van der Waals surface area contributed by atoms with Crippen molar-refractivity contribution in [3.8, 4) is 67.5 Å². The second-order valence-corrected chi connectivity index (χ2v) is 22.8. The van der Waals surface area contributed by atoms with Crippen molar-refractivity contribution in [3.05, 3.63) is 244 Å². The van der Waals surface area contributed by atoms with Crippen LogP contribution in [0.15, 0.2) is 218 Å². The third-order valence-electron chi connectivity index (χ3n) is 14.4. The number of hydrogen-bond acceptors (Lipinski definition) is 4. The number of pyridine rings is 1. The molecule has 2 aliphatic heterocycles. The molecule has 0 spiro atoms. The van der Waals surface area contributed by atoms with Crippen LogP contribution in [0.3, 0.4) is 0 Å². The molecule has 0 unspecified atom stereocenters. The van der Waals surface area contributed by atoms with Gasteiger partial charge in [-0.3, -0.25) is 0 Å². The monoisotopic (exact) mass is 1220 g/mol. The van der Waals surface area contributed by atoms with Gasteiger partial charge < -0.3 is 0 Å². The van der Waals surface area contributed by atoms with Crippen LogP contribution in [0.25, 0.3) is 66.9 Å². The van der Waals surface area contributed by atoms with Crippen molar-refractivity contribution in [2.45, 2.75) is 67.0 Å². The molecule has 8 heteroatoms. The summed E-state index contributed by atoms with van der Waals surface area (Å²) in [6, 6.07) is 44.0. The molecule has 13 rings (SSSR count). The number of para-hydroxylation sites is 5. The Balaban J connectivity index is 1.09. The molecule has 2 aliphatic rings. The number of hydrogen-bond donors (Lipinski definition) is 0. The van der Waals surface area contributed by atoms with E-state index >= 15 is 0 Å². The summed E-state index contributed by atoms with van der Waals surface area (Å²) in [5.41, 5.74) is 6.17. The van der Waals surface area contributed by atoms with E-state index in [4.69, 9.17) is 26.2 Å². The molecule has 0 saturated heterocycles. The van der Waals surface area contributed by atoms with E-state index in [2.05, 4.69) is 51.0 Å². The van der Waals surface area contributed by atoms with Gasteiger partial charge in [0.05, 0.1) is 1.37 Å². The number of nitrogens with zero attached hydrogens (tertiary/aromatic N) is 5. The number of aryl methyl sites for hydroxylation is 1. The molecular weight excluding hydrogens is 1140 g/mol. The summed E-state index contributed by atoms with van der Waals surface area (Å²) in [5.74, 6) is -0.434. The molecule has 6 nitrogen and oxygen atoms in total. The minimum atomic E-state index is -3.13. The second kappa shape index (κ2) is 19.6. The van der Waals surface area contributed by atoms with E-state index in [1.165, 1.54) is 18.2 Å². The summed E-state index contributed by atoms with van der Waals surface area (Å²) in [6.45, 7) is 4.91. The zero-order valence-corrected chi connectivity index (χ0v) is 46.4. The Morgan fingerprint density at radius 3 is 1.96 bits per heavy atom. The third kappa shape index (κ3) is 8.89. The van der Waals surface area contributed by atoms with Gasteiger partial charge in [-0.1, -0.05) is 54.6 Å². The number of ether oxygens (including phenoxy) is 1. The molecule has 0 N–H and O–H groups in total. The number of rotatable bonds is 9. The zero-order valence-electron chi connectivity index (χ0n) is 61.1. The van der Waals surface area contributed by atoms with Crippen molar-refractivity contribution >= 4 is 46.4 Å². The van der Waals surface area contributed by atoms with Crippen LogP contribution in [0.4, 0.5) is 22.9 Å². The number of fused-ring (bicyclic) bond motifs is 9. The fraction of sp³-hybridized carbons (Fsp3) is 0.155. The summed E-state index contributed by atoms with van der Waals surface area (Å²) < 4.78 is 166. The molecule has 0 atom stereocenters. The standard InChI is InChI=1S/C71H62BN5O.Pt/c1-47-23-12-13-28-54(47)57-39-40-67(77-65-36-21-20-35-64(65)76-61-32-17-15-30-56(61)55-29-14-16-31-60(55)72(76)77)73-69(57)78-66-44-53(38-37-48(66)2)74-46-75(63-34-19-18-33-62(63)74)68-58(50-24-10-9-11-25-50)41-49(45-70(3,4)5)42-59(68)51-26-22-27-52(43-51)71(6,7)8;/h9-44H,45H2,1-8H3;/i1D3,2D3,9D,10D,11D,12D,13D,23D,24D,25D,28D,45D2;. The first-order chi connectivity index (χ1) is 45.1. The van der Waals surface area contributed by atoms with Crippen LogP contribution in [0, 0.1) is 22.9 Å². The fourth-order valence-corrected chi connectivity index (χ4v) is 12.1. The van der Waals surface area contributed by atoms with Crippen LogP contribution < -0.4 is 19.8 Å². The van der Waals surface area contributed by atoms with Crippen LogP contribution >= 0.6 is 0 Å². The van der Waals surface area contributed by atoms with Gasteiger partial charge in [0.2, 0.25) is 0 Å². The van der Waals surface area contributed by atoms with Crippen LogP contribution in [0.5, 0.6) is 11.6 Å². The van der Waals surface area contributed by atoms with E-state index in [0.717, 1.165) is 39.2 Å². The molecule has 0 amide bonds. The third-order valence-corrected chi connectivity index (χ3v) is 15.4. The predicted octanol–water partition coefficient (Wildman–Crippen LogP) is 17.9. The van der Waals surface area contributed by atoms with E-state index in [1.807, 2.05) is 129 Å². The van der Waals surface area contributed by atoms with Crippen molar-refractivity contribution in [2.24, 2.45) is 5.41 Å². The Bertz CT molecular complexity index is 5120. The molecule has 4 heterocycles. The number of imidazole rings is 1. The molecule has 0 aliphatic carbocycles. The molecular formula is C71H62BN5OPt. The van der Waals surface area contributed by atoms with Crippen molar-refractivity contribution < 1.29 is 47.4 Å². The zero-order chi connectivity index (χ0) is 68.9. The van der Waals surface area contributed by atoms with Crippen molar-refractivity contribution in [1.82, 2.24) is 14.1 Å². The first-order valence-corrected chi connectivity index (χ1v) is 27.1. The van der Waals surface area contributed by atoms with E-state index < -0.39 is 104 Å². The molecule has 0 bridgehead atoms. The topological polar surface area (TPSA) is 38.5 Å². The molecule has 2 aromatic heterocycles. The molecule has 0 radical (unpaired) electrons. The first-order valence-electron chi connectivity index (χ1n) is 34.5. The van der Waals surface area contributed by atoms with Gasteiger partial charge in [-0.25, -0.2) is 0 Å². The Kier molecular flexibility index (Phi) is 8.58. The Morgan fingerprint density at radius 1 is 0.557 bits per heavy atom. The molecule has 390 valence electrons. The summed E-state index contributed by atoms with van der Waals surface area (Å²) >= 11 is 2.13. The van der Waals surface area contributed by atoms with Crippen molar-refractivity contribution in [3.63, 3.8) is 0 Å². The van der Waals surface area contributed by atoms with Crippen LogP contribution in [0.1, 0.15) is 87.1 Å². The number of anilines is 4. The quantitative estimate of drug-likeness (QED) is 0.135. The number of benzene rings is 9. The normalized spacial score (nSPS) is 16.5. The molecule has 0 saturated carbocycles. The van der Waals surface area contributed by atoms with Crippen LogP contribution in [-0.2, 0) is 31.1 Å². The van der Waals surface area contributed by atoms with E-state index in [1.54, 1.807) is 45.0 Å². The summed E-state index contributed by atoms with van der Waals surface area (Å²) in [5, 5.41) is 0. The minimum absolute atomic E-state index is 0.125. The Labute approximate surface area is 499 Å². The second-order valence-electron chi connectivity index (χ2n) is 21.8. The fourth-order valence-electron chi connectivity index (χ4n) is 11.0. The number of aromatic nitrogens is 3. The molecule has 0 fully saturated rings. The Hall–Kier alpha value is -8.25. The van der Waals surface area contributed by atoms with Gasteiger partial charge >= 0.3 is 417 Å². The van der Waals surface area contributed by atoms with Gasteiger partial charge in [0.15, 0.2) is 0 Å². The average Bonchev–Trinajstić information content (AvgIpc) is 1.42. The maximum absolute atomic E-state index is 9.78. The van der Waals surface area contributed by atoms with Gasteiger partial charge in [-0.05, 0) is 17.7 Å². The molecule has 11 aromatic rings. The average molecular weight is 1220 g/mol. The first kappa shape index (κ1) is 34.6. The molecule has 79 heavy (non-hydrogen) atoms. The van der Waals surface area contributed by atoms with Crippen LogP contribution in [0.2, 0.25) is 0 Å². The van der Waals surface area contributed by atoms with Gasteiger partial charge in [-0.15, -0.1) is 0 Å².